The first-order valence-corrected chi connectivity index (χ1v) is 7.84. The van der Waals surface area contributed by atoms with E-state index < -0.39 is 20.6 Å². The molecule has 0 bridgehead atoms. The van der Waals surface area contributed by atoms with Crippen molar-refractivity contribution >= 4 is 31.7 Å². The minimum atomic E-state index is -3.89. The number of carboxylic acids is 1. The van der Waals surface area contributed by atoms with Gasteiger partial charge in [0.25, 0.3) is 0 Å². The van der Waals surface area contributed by atoms with E-state index in [1.54, 1.807) is 25.1 Å². The van der Waals surface area contributed by atoms with Crippen molar-refractivity contribution in [3.63, 3.8) is 0 Å². The Morgan fingerprint density at radius 1 is 1.44 bits per heavy atom. The smallest absolute Gasteiger partial charge is 0.325 e. The van der Waals surface area contributed by atoms with Gasteiger partial charge in [0, 0.05) is 4.47 Å². The normalized spacial score (nSPS) is 27.6. The van der Waals surface area contributed by atoms with Crippen molar-refractivity contribution in [2.24, 2.45) is 5.92 Å². The lowest BCUT2D eigenvalue weighted by atomic mass is 9.74. The molecule has 1 fully saturated rings. The Hall–Kier alpha value is -0.880. The van der Waals surface area contributed by atoms with Gasteiger partial charge in [0.05, 0.1) is 4.90 Å². The van der Waals surface area contributed by atoms with Crippen LogP contribution >= 0.6 is 15.9 Å². The quantitative estimate of drug-likeness (QED) is 0.922. The molecule has 1 aliphatic rings. The molecular weight excluding hydrogens is 320 g/mol. The number of sulfone groups is 1. The van der Waals surface area contributed by atoms with E-state index in [0.717, 1.165) is 0 Å². The Morgan fingerprint density at radius 3 is 2.44 bits per heavy atom. The van der Waals surface area contributed by atoms with Crippen LogP contribution in [0, 0.1) is 5.92 Å². The molecule has 1 N–H and O–H groups in total. The fourth-order valence-electron chi connectivity index (χ4n) is 2.39. The lowest BCUT2D eigenvalue weighted by Gasteiger charge is -2.43. The van der Waals surface area contributed by atoms with Crippen molar-refractivity contribution in [3.05, 3.63) is 28.7 Å². The minimum Gasteiger partial charge on any atom is -0.480 e. The van der Waals surface area contributed by atoms with Crippen LogP contribution in [0.5, 0.6) is 0 Å². The summed E-state index contributed by atoms with van der Waals surface area (Å²) in [5.74, 6) is -1.62. The first-order valence-electron chi connectivity index (χ1n) is 5.56. The SMILES string of the molecule is CC1CCC1(C(=O)O)S(=O)(=O)c1ccccc1Br. The summed E-state index contributed by atoms with van der Waals surface area (Å²) in [6.07, 6.45) is 0.795. The van der Waals surface area contributed by atoms with E-state index in [-0.39, 0.29) is 17.2 Å². The fourth-order valence-corrected chi connectivity index (χ4v) is 5.55. The van der Waals surface area contributed by atoms with Gasteiger partial charge in [-0.1, -0.05) is 19.1 Å². The zero-order valence-electron chi connectivity index (χ0n) is 9.76. The number of halogens is 1. The number of carboxylic acid groups (broad SMARTS) is 1. The monoisotopic (exact) mass is 332 g/mol. The fraction of sp³-hybridized carbons (Fsp3) is 0.417. The first kappa shape index (κ1) is 13.5. The van der Waals surface area contributed by atoms with Gasteiger partial charge in [0.1, 0.15) is 0 Å². The maximum atomic E-state index is 12.6. The number of benzene rings is 1. The van der Waals surface area contributed by atoms with Crippen molar-refractivity contribution in [3.8, 4) is 0 Å². The first-order chi connectivity index (χ1) is 8.34. The van der Waals surface area contributed by atoms with Gasteiger partial charge in [0.15, 0.2) is 14.6 Å². The van der Waals surface area contributed by atoms with E-state index in [0.29, 0.717) is 10.9 Å². The van der Waals surface area contributed by atoms with Crippen LogP contribution < -0.4 is 0 Å². The third kappa shape index (κ3) is 1.62. The molecule has 0 radical (unpaired) electrons. The molecular formula is C12H13BrO4S. The molecule has 2 atom stereocenters. The Bertz CT molecular complexity index is 596. The van der Waals surface area contributed by atoms with Crippen LogP contribution in [0.25, 0.3) is 0 Å². The van der Waals surface area contributed by atoms with Crippen LogP contribution in [0.1, 0.15) is 19.8 Å². The molecule has 0 saturated heterocycles. The molecule has 0 spiro atoms. The zero-order valence-corrected chi connectivity index (χ0v) is 12.2. The average molecular weight is 333 g/mol. The Labute approximate surface area is 114 Å². The van der Waals surface area contributed by atoms with E-state index in [1.807, 2.05) is 0 Å². The van der Waals surface area contributed by atoms with E-state index in [4.69, 9.17) is 0 Å². The topological polar surface area (TPSA) is 71.4 Å². The van der Waals surface area contributed by atoms with Crippen LogP contribution in [0.15, 0.2) is 33.6 Å². The van der Waals surface area contributed by atoms with Gasteiger partial charge in [-0.3, -0.25) is 4.79 Å². The largest absolute Gasteiger partial charge is 0.480 e. The van der Waals surface area contributed by atoms with E-state index >= 15 is 0 Å². The molecule has 2 unspecified atom stereocenters. The summed E-state index contributed by atoms with van der Waals surface area (Å²) >= 11 is 3.17. The number of carbonyl (C=O) groups is 1. The van der Waals surface area contributed by atoms with Gasteiger partial charge < -0.3 is 5.11 Å². The predicted octanol–water partition coefficient (Wildman–Crippen LogP) is 2.48. The molecule has 0 amide bonds. The van der Waals surface area contributed by atoms with E-state index in [9.17, 15) is 18.3 Å². The summed E-state index contributed by atoms with van der Waals surface area (Å²) in [6, 6.07) is 6.33. The zero-order chi connectivity index (χ0) is 13.6. The van der Waals surface area contributed by atoms with Crippen LogP contribution in [0.3, 0.4) is 0 Å². The summed E-state index contributed by atoms with van der Waals surface area (Å²) < 4.78 is 23.9. The second-order valence-corrected chi connectivity index (χ2v) is 7.60. The second kappa shape index (κ2) is 4.35. The van der Waals surface area contributed by atoms with Gasteiger partial charge >= 0.3 is 5.97 Å². The maximum absolute atomic E-state index is 12.6. The lowest BCUT2D eigenvalue weighted by Crippen LogP contribution is -2.58. The molecule has 1 aromatic carbocycles. The Balaban J connectivity index is 2.62. The number of aliphatic carboxylic acids is 1. The highest BCUT2D eigenvalue weighted by Gasteiger charge is 2.61. The molecule has 6 heteroatoms. The van der Waals surface area contributed by atoms with E-state index in [2.05, 4.69) is 15.9 Å². The third-order valence-corrected chi connectivity index (χ3v) is 7.34. The van der Waals surface area contributed by atoms with Gasteiger partial charge in [0.2, 0.25) is 0 Å². The van der Waals surface area contributed by atoms with Crippen molar-refractivity contribution in [1.29, 1.82) is 0 Å². The van der Waals surface area contributed by atoms with Crippen LogP contribution in [-0.4, -0.2) is 24.2 Å². The summed E-state index contributed by atoms with van der Waals surface area (Å²) in [5.41, 5.74) is 0. The van der Waals surface area contributed by atoms with Gasteiger partial charge in [-0.05, 0) is 46.8 Å². The van der Waals surface area contributed by atoms with Crippen LogP contribution in [-0.2, 0) is 14.6 Å². The Kier molecular flexibility index (Phi) is 3.27. The van der Waals surface area contributed by atoms with Crippen molar-refractivity contribution in [1.82, 2.24) is 0 Å². The highest BCUT2D eigenvalue weighted by molar-refractivity contribution is 9.10. The number of hydrogen-bond donors (Lipinski definition) is 1. The predicted molar refractivity (Wildman–Crippen MR) is 70.1 cm³/mol. The van der Waals surface area contributed by atoms with Crippen molar-refractivity contribution in [2.75, 3.05) is 0 Å². The molecule has 18 heavy (non-hydrogen) atoms. The number of hydrogen-bond acceptors (Lipinski definition) is 3. The molecule has 2 rings (SSSR count). The summed E-state index contributed by atoms with van der Waals surface area (Å²) in [7, 11) is -3.89. The minimum absolute atomic E-state index is 0.0546. The molecule has 1 aromatic rings. The standard InChI is InChI=1S/C12H13BrO4S/c1-8-6-7-12(8,11(14)15)18(16,17)10-5-3-2-4-9(10)13/h2-5,8H,6-7H2,1H3,(H,14,15). The molecule has 0 heterocycles. The Morgan fingerprint density at radius 2 is 2.06 bits per heavy atom. The van der Waals surface area contributed by atoms with Crippen LogP contribution in [0.2, 0.25) is 0 Å². The molecule has 0 aromatic heterocycles. The maximum Gasteiger partial charge on any atom is 0.325 e. The van der Waals surface area contributed by atoms with Gasteiger partial charge in [-0.2, -0.15) is 0 Å². The highest BCUT2D eigenvalue weighted by atomic mass is 79.9. The highest BCUT2D eigenvalue weighted by Crippen LogP contribution is 2.48. The summed E-state index contributed by atoms with van der Waals surface area (Å²) in [5, 5.41) is 9.35. The molecule has 1 aliphatic carbocycles. The van der Waals surface area contributed by atoms with Crippen molar-refractivity contribution in [2.45, 2.75) is 29.4 Å². The van der Waals surface area contributed by atoms with Crippen molar-refractivity contribution < 1.29 is 18.3 Å². The summed E-state index contributed by atoms with van der Waals surface area (Å²) in [6.45, 7) is 1.67. The number of rotatable bonds is 3. The lowest BCUT2D eigenvalue weighted by molar-refractivity contribution is -0.144. The van der Waals surface area contributed by atoms with Crippen LogP contribution in [0.4, 0.5) is 0 Å². The third-order valence-electron chi connectivity index (χ3n) is 3.71. The second-order valence-electron chi connectivity index (χ2n) is 4.57. The molecule has 4 nitrogen and oxygen atoms in total. The molecule has 98 valence electrons. The molecule has 1 saturated carbocycles. The molecule has 0 aliphatic heterocycles. The van der Waals surface area contributed by atoms with E-state index in [1.165, 1.54) is 6.07 Å². The van der Waals surface area contributed by atoms with Gasteiger partial charge in [-0.15, -0.1) is 0 Å². The average Bonchev–Trinajstić information content (AvgIpc) is 2.26. The summed E-state index contributed by atoms with van der Waals surface area (Å²) in [4.78, 5) is 11.5. The van der Waals surface area contributed by atoms with Gasteiger partial charge in [-0.25, -0.2) is 8.42 Å².